The van der Waals surface area contributed by atoms with E-state index in [9.17, 15) is 9.59 Å². The summed E-state index contributed by atoms with van der Waals surface area (Å²) in [5.74, 6) is -0.312. The highest BCUT2D eigenvalue weighted by atomic mass is 16.1. The number of rotatable bonds is 4. The number of ketones is 2. The van der Waals surface area contributed by atoms with E-state index < -0.39 is 0 Å². The lowest BCUT2D eigenvalue weighted by Crippen LogP contribution is -2.34. The molecule has 16 heavy (non-hydrogen) atoms. The van der Waals surface area contributed by atoms with E-state index in [4.69, 9.17) is 0 Å². The van der Waals surface area contributed by atoms with Crippen molar-refractivity contribution < 1.29 is 9.59 Å². The second-order valence-electron chi connectivity index (χ2n) is 4.44. The third-order valence-electron chi connectivity index (χ3n) is 1.97. The molecule has 0 heterocycles. The average molecular weight is 222 g/mol. The molecule has 1 aliphatic rings. The first-order valence-electron chi connectivity index (χ1n) is 5.45. The van der Waals surface area contributed by atoms with Crippen LogP contribution in [0.25, 0.3) is 0 Å². The van der Waals surface area contributed by atoms with Crippen LogP contribution in [0, 0.1) is 0 Å². The molecule has 1 aliphatic carbocycles. The van der Waals surface area contributed by atoms with E-state index in [0.29, 0.717) is 11.4 Å². The zero-order valence-corrected chi connectivity index (χ0v) is 10.1. The molecule has 0 unspecified atom stereocenters. The molecule has 0 saturated heterocycles. The molecule has 0 radical (unpaired) electrons. The quantitative estimate of drug-likeness (QED) is 0.694. The summed E-state index contributed by atoms with van der Waals surface area (Å²) in [6.45, 7) is 7.68. The van der Waals surface area contributed by atoms with Gasteiger partial charge in [0.1, 0.15) is 0 Å². The fourth-order valence-electron chi connectivity index (χ4n) is 1.41. The molecule has 0 aromatic heterocycles. The molecular weight excluding hydrogens is 204 g/mol. The lowest BCUT2D eigenvalue weighted by Gasteiger charge is -2.18. The topological polar surface area (TPSA) is 58.2 Å². The van der Waals surface area contributed by atoms with Gasteiger partial charge in [-0.25, -0.2) is 0 Å². The Balaban J connectivity index is 2.79. The Kier molecular flexibility index (Phi) is 3.88. The smallest absolute Gasteiger partial charge is 0.203 e. The first-order chi connectivity index (χ1) is 7.40. The van der Waals surface area contributed by atoms with Gasteiger partial charge >= 0.3 is 0 Å². The molecule has 0 fully saturated rings. The predicted molar refractivity (Wildman–Crippen MR) is 62.7 cm³/mol. The fraction of sp³-hybridized carbons (Fsp3) is 0.500. The summed E-state index contributed by atoms with van der Waals surface area (Å²) in [5.41, 5.74) is 0.739. The summed E-state index contributed by atoms with van der Waals surface area (Å²) >= 11 is 0. The zero-order valence-electron chi connectivity index (χ0n) is 10.1. The zero-order chi connectivity index (χ0) is 12.3. The number of allylic oxidation sites excluding steroid dienone is 2. The van der Waals surface area contributed by atoms with E-state index in [0.717, 1.165) is 0 Å². The largest absolute Gasteiger partial charge is 0.380 e. The van der Waals surface area contributed by atoms with Crippen LogP contribution in [0.3, 0.4) is 0 Å². The summed E-state index contributed by atoms with van der Waals surface area (Å²) in [6.07, 6.45) is 2.71. The van der Waals surface area contributed by atoms with E-state index in [-0.39, 0.29) is 23.7 Å². The van der Waals surface area contributed by atoms with Crippen molar-refractivity contribution in [3.63, 3.8) is 0 Å². The molecule has 0 spiro atoms. The Morgan fingerprint density at radius 1 is 0.812 bits per heavy atom. The molecule has 0 aromatic rings. The van der Waals surface area contributed by atoms with Crippen molar-refractivity contribution in [1.29, 1.82) is 0 Å². The van der Waals surface area contributed by atoms with Gasteiger partial charge in [0.05, 0.1) is 11.4 Å². The molecule has 0 saturated carbocycles. The standard InChI is InChI=1S/C12H18N2O2/c1-7(2)13-9-5-12(16)10(6-11(9)15)14-8(3)4/h5-8,13-14H,1-4H3. The van der Waals surface area contributed by atoms with E-state index in [1.807, 2.05) is 27.7 Å². The average Bonchev–Trinajstić information content (AvgIpc) is 2.11. The lowest BCUT2D eigenvalue weighted by atomic mass is 10.1. The maximum absolute atomic E-state index is 11.7. The Morgan fingerprint density at radius 2 is 1.12 bits per heavy atom. The third-order valence-corrected chi connectivity index (χ3v) is 1.97. The fourth-order valence-corrected chi connectivity index (χ4v) is 1.41. The van der Waals surface area contributed by atoms with Gasteiger partial charge in [0.2, 0.25) is 11.6 Å². The van der Waals surface area contributed by atoms with E-state index in [1.165, 1.54) is 12.2 Å². The summed E-state index contributed by atoms with van der Waals surface area (Å²) in [4.78, 5) is 23.3. The number of hydrogen-bond donors (Lipinski definition) is 2. The van der Waals surface area contributed by atoms with Gasteiger partial charge in [-0.15, -0.1) is 0 Å². The number of carbonyl (C=O) groups is 2. The molecule has 0 aliphatic heterocycles. The maximum Gasteiger partial charge on any atom is 0.203 e. The summed E-state index contributed by atoms with van der Waals surface area (Å²) in [5, 5.41) is 5.91. The minimum Gasteiger partial charge on any atom is -0.380 e. The van der Waals surface area contributed by atoms with Gasteiger partial charge in [0, 0.05) is 24.2 Å². The monoisotopic (exact) mass is 222 g/mol. The van der Waals surface area contributed by atoms with Crippen molar-refractivity contribution in [2.24, 2.45) is 0 Å². The Bertz CT molecular complexity index is 329. The molecule has 88 valence electrons. The maximum atomic E-state index is 11.7. The lowest BCUT2D eigenvalue weighted by molar-refractivity contribution is -0.115. The number of carbonyl (C=O) groups excluding carboxylic acids is 2. The van der Waals surface area contributed by atoms with Crippen LogP contribution in [0.2, 0.25) is 0 Å². The number of nitrogens with one attached hydrogen (secondary N) is 2. The highest BCUT2D eigenvalue weighted by Crippen LogP contribution is 2.09. The second-order valence-corrected chi connectivity index (χ2v) is 4.44. The summed E-state index contributed by atoms with van der Waals surface area (Å²) in [6, 6.07) is 0.270. The SMILES string of the molecule is CC(C)NC1=CC(=O)C(NC(C)C)=CC1=O. The Morgan fingerprint density at radius 3 is 1.38 bits per heavy atom. The number of hydrogen-bond acceptors (Lipinski definition) is 4. The molecule has 0 amide bonds. The van der Waals surface area contributed by atoms with Crippen molar-refractivity contribution >= 4 is 11.6 Å². The highest BCUT2D eigenvalue weighted by Gasteiger charge is 2.20. The third kappa shape index (κ3) is 3.22. The van der Waals surface area contributed by atoms with Gasteiger partial charge in [0.25, 0.3) is 0 Å². The van der Waals surface area contributed by atoms with Crippen LogP contribution in [0.5, 0.6) is 0 Å². The molecular formula is C12H18N2O2. The van der Waals surface area contributed by atoms with Crippen LogP contribution in [0.4, 0.5) is 0 Å². The van der Waals surface area contributed by atoms with Crippen molar-refractivity contribution in [3.05, 3.63) is 23.5 Å². The predicted octanol–water partition coefficient (Wildman–Crippen LogP) is 0.902. The van der Waals surface area contributed by atoms with Crippen molar-refractivity contribution in [1.82, 2.24) is 10.6 Å². The Hall–Kier alpha value is -1.58. The first kappa shape index (κ1) is 12.5. The van der Waals surface area contributed by atoms with Crippen LogP contribution in [-0.4, -0.2) is 23.7 Å². The van der Waals surface area contributed by atoms with Gasteiger partial charge < -0.3 is 10.6 Å². The van der Waals surface area contributed by atoms with Crippen molar-refractivity contribution in [3.8, 4) is 0 Å². The highest BCUT2D eigenvalue weighted by molar-refractivity contribution is 6.19. The van der Waals surface area contributed by atoms with Crippen LogP contribution in [0.15, 0.2) is 23.5 Å². The van der Waals surface area contributed by atoms with Crippen molar-refractivity contribution in [2.75, 3.05) is 0 Å². The van der Waals surface area contributed by atoms with Gasteiger partial charge in [-0.05, 0) is 27.7 Å². The van der Waals surface area contributed by atoms with Gasteiger partial charge in [-0.1, -0.05) is 0 Å². The van der Waals surface area contributed by atoms with Crippen LogP contribution in [-0.2, 0) is 9.59 Å². The molecule has 4 heteroatoms. The summed E-state index contributed by atoms with van der Waals surface area (Å²) < 4.78 is 0. The van der Waals surface area contributed by atoms with E-state index in [2.05, 4.69) is 10.6 Å². The minimum absolute atomic E-state index is 0.135. The molecule has 4 nitrogen and oxygen atoms in total. The molecule has 0 aromatic carbocycles. The summed E-state index contributed by atoms with van der Waals surface area (Å²) in [7, 11) is 0. The van der Waals surface area contributed by atoms with Crippen LogP contribution >= 0.6 is 0 Å². The molecule has 1 rings (SSSR count). The van der Waals surface area contributed by atoms with Gasteiger partial charge in [-0.3, -0.25) is 9.59 Å². The minimum atomic E-state index is -0.156. The van der Waals surface area contributed by atoms with Crippen molar-refractivity contribution in [2.45, 2.75) is 39.8 Å². The molecule has 2 N–H and O–H groups in total. The first-order valence-corrected chi connectivity index (χ1v) is 5.45. The normalized spacial score (nSPS) is 16.4. The van der Waals surface area contributed by atoms with E-state index >= 15 is 0 Å². The van der Waals surface area contributed by atoms with Crippen LogP contribution < -0.4 is 10.6 Å². The van der Waals surface area contributed by atoms with Gasteiger partial charge in [-0.2, -0.15) is 0 Å². The van der Waals surface area contributed by atoms with Gasteiger partial charge in [0.15, 0.2) is 0 Å². The van der Waals surface area contributed by atoms with Crippen LogP contribution in [0.1, 0.15) is 27.7 Å². The second kappa shape index (κ2) is 4.96. The molecule has 0 atom stereocenters. The van der Waals surface area contributed by atoms with E-state index in [1.54, 1.807) is 0 Å². The molecule has 0 bridgehead atoms. The Labute approximate surface area is 95.8 Å².